The zero-order valence-corrected chi connectivity index (χ0v) is 15.4. The van der Waals surface area contributed by atoms with E-state index in [1.54, 1.807) is 25.3 Å². The number of nitrogens with one attached hydrogen (secondary N) is 2. The number of fused-ring (bicyclic) bond motifs is 1. The van der Waals surface area contributed by atoms with Crippen molar-refractivity contribution in [3.63, 3.8) is 0 Å². The van der Waals surface area contributed by atoms with Gasteiger partial charge in [0.25, 0.3) is 0 Å². The number of aryl methyl sites for hydroxylation is 1. The van der Waals surface area contributed by atoms with Crippen LogP contribution in [0.15, 0.2) is 30.3 Å². The number of amides is 2. The van der Waals surface area contributed by atoms with Crippen LogP contribution in [0.5, 0.6) is 11.5 Å². The number of hydrogen-bond donors (Lipinski definition) is 2. The SMILES string of the molecule is COc1ccc(NC(=O)Nc2nc3c(C)c(Cl)ccc3s2)c(OC)c1. The van der Waals surface area contributed by atoms with Gasteiger partial charge < -0.3 is 14.8 Å². The van der Waals surface area contributed by atoms with Gasteiger partial charge in [-0.05, 0) is 36.8 Å². The predicted molar refractivity (Wildman–Crippen MR) is 102 cm³/mol. The molecule has 8 heteroatoms. The molecule has 0 fully saturated rings. The van der Waals surface area contributed by atoms with Crippen molar-refractivity contribution in [1.82, 2.24) is 4.98 Å². The van der Waals surface area contributed by atoms with Gasteiger partial charge in [0.1, 0.15) is 11.5 Å². The molecular weight excluding hydrogens is 362 g/mol. The summed E-state index contributed by atoms with van der Waals surface area (Å²) < 4.78 is 11.4. The van der Waals surface area contributed by atoms with E-state index in [1.807, 2.05) is 19.1 Å². The third-order valence-corrected chi connectivity index (χ3v) is 4.97. The van der Waals surface area contributed by atoms with Crippen LogP contribution in [0.3, 0.4) is 0 Å². The van der Waals surface area contributed by atoms with Crippen molar-refractivity contribution in [1.29, 1.82) is 0 Å². The molecule has 2 amide bonds. The molecule has 0 aliphatic carbocycles. The first-order valence-corrected chi connectivity index (χ1v) is 8.57. The van der Waals surface area contributed by atoms with Gasteiger partial charge in [-0.1, -0.05) is 22.9 Å². The fourth-order valence-electron chi connectivity index (χ4n) is 2.31. The second kappa shape index (κ2) is 7.16. The van der Waals surface area contributed by atoms with Crippen molar-refractivity contribution >= 4 is 50.0 Å². The molecule has 130 valence electrons. The van der Waals surface area contributed by atoms with E-state index in [0.29, 0.717) is 27.3 Å². The molecule has 1 heterocycles. The van der Waals surface area contributed by atoms with Crippen LogP contribution in [0, 0.1) is 6.92 Å². The van der Waals surface area contributed by atoms with E-state index in [4.69, 9.17) is 21.1 Å². The molecule has 0 aliphatic rings. The zero-order valence-electron chi connectivity index (χ0n) is 13.8. The van der Waals surface area contributed by atoms with E-state index in [9.17, 15) is 4.79 Å². The number of carbonyl (C=O) groups is 1. The first kappa shape index (κ1) is 17.3. The van der Waals surface area contributed by atoms with Gasteiger partial charge in [0, 0.05) is 11.1 Å². The molecule has 2 aromatic carbocycles. The Kier molecular flexibility index (Phi) is 4.96. The average Bonchev–Trinajstić information content (AvgIpc) is 3.01. The van der Waals surface area contributed by atoms with E-state index in [1.165, 1.54) is 18.4 Å². The van der Waals surface area contributed by atoms with E-state index in [2.05, 4.69) is 15.6 Å². The molecule has 1 aromatic heterocycles. The number of aromatic nitrogens is 1. The molecule has 2 N–H and O–H groups in total. The molecule has 0 saturated carbocycles. The van der Waals surface area contributed by atoms with Gasteiger partial charge in [0.15, 0.2) is 5.13 Å². The number of ether oxygens (including phenoxy) is 2. The Labute approximate surface area is 153 Å². The lowest BCUT2D eigenvalue weighted by molar-refractivity contribution is 0.262. The molecule has 3 rings (SSSR count). The van der Waals surface area contributed by atoms with Gasteiger partial charge in [-0.25, -0.2) is 9.78 Å². The Morgan fingerprint density at radius 2 is 1.96 bits per heavy atom. The van der Waals surface area contributed by atoms with E-state index >= 15 is 0 Å². The van der Waals surface area contributed by atoms with E-state index in [0.717, 1.165) is 15.8 Å². The van der Waals surface area contributed by atoms with Gasteiger partial charge in [0.05, 0.1) is 30.1 Å². The lowest BCUT2D eigenvalue weighted by Gasteiger charge is -2.11. The number of urea groups is 1. The van der Waals surface area contributed by atoms with Crippen LogP contribution >= 0.6 is 22.9 Å². The summed E-state index contributed by atoms with van der Waals surface area (Å²) in [6.45, 7) is 1.90. The van der Waals surface area contributed by atoms with Gasteiger partial charge in [0.2, 0.25) is 0 Å². The molecule has 6 nitrogen and oxygen atoms in total. The van der Waals surface area contributed by atoms with Crippen LogP contribution in [0.1, 0.15) is 5.56 Å². The molecule has 0 aliphatic heterocycles. The predicted octanol–water partition coefficient (Wildman–Crippen LogP) is 4.92. The Balaban J connectivity index is 1.78. The van der Waals surface area contributed by atoms with Crippen LogP contribution in [-0.2, 0) is 0 Å². The number of methoxy groups -OCH3 is 2. The summed E-state index contributed by atoms with van der Waals surface area (Å²) in [5.74, 6) is 1.14. The lowest BCUT2D eigenvalue weighted by atomic mass is 10.2. The molecule has 0 saturated heterocycles. The summed E-state index contributed by atoms with van der Waals surface area (Å²) in [5, 5.41) is 6.62. The summed E-state index contributed by atoms with van der Waals surface area (Å²) in [7, 11) is 3.09. The highest BCUT2D eigenvalue weighted by molar-refractivity contribution is 7.22. The highest BCUT2D eigenvalue weighted by Gasteiger charge is 2.13. The average molecular weight is 378 g/mol. The van der Waals surface area contributed by atoms with Crippen LogP contribution < -0.4 is 20.1 Å². The lowest BCUT2D eigenvalue weighted by Crippen LogP contribution is -2.19. The molecule has 0 radical (unpaired) electrons. The van der Waals surface area contributed by atoms with Crippen LogP contribution in [0.2, 0.25) is 5.02 Å². The Hall–Kier alpha value is -2.51. The third kappa shape index (κ3) is 3.62. The normalized spacial score (nSPS) is 10.6. The van der Waals surface area contributed by atoms with Gasteiger partial charge in [-0.15, -0.1) is 0 Å². The maximum atomic E-state index is 12.3. The third-order valence-electron chi connectivity index (χ3n) is 3.63. The molecule has 0 unspecified atom stereocenters. The number of thiazole rings is 1. The molecule has 3 aromatic rings. The molecule has 0 atom stereocenters. The van der Waals surface area contributed by atoms with Gasteiger partial charge >= 0.3 is 6.03 Å². The minimum absolute atomic E-state index is 0.411. The van der Waals surface area contributed by atoms with Crippen molar-refractivity contribution in [2.45, 2.75) is 6.92 Å². The van der Waals surface area contributed by atoms with Crippen molar-refractivity contribution in [2.24, 2.45) is 0 Å². The second-order valence-corrected chi connectivity index (χ2v) is 6.62. The minimum atomic E-state index is -0.411. The van der Waals surface area contributed by atoms with E-state index in [-0.39, 0.29) is 0 Å². The fourth-order valence-corrected chi connectivity index (χ4v) is 3.38. The number of hydrogen-bond acceptors (Lipinski definition) is 5. The number of halogens is 1. The summed E-state index contributed by atoms with van der Waals surface area (Å²) in [5.41, 5.74) is 2.21. The zero-order chi connectivity index (χ0) is 18.0. The van der Waals surface area contributed by atoms with Crippen molar-refractivity contribution in [3.05, 3.63) is 40.9 Å². The largest absolute Gasteiger partial charge is 0.497 e. The Morgan fingerprint density at radius 1 is 1.16 bits per heavy atom. The number of nitrogens with zero attached hydrogens (tertiary/aromatic N) is 1. The molecular formula is C17H16ClN3O3S. The van der Waals surface area contributed by atoms with E-state index < -0.39 is 6.03 Å². The van der Waals surface area contributed by atoms with Gasteiger partial charge in [-0.3, -0.25) is 5.32 Å². The smallest absolute Gasteiger partial charge is 0.325 e. The summed E-state index contributed by atoms with van der Waals surface area (Å²) in [6, 6.07) is 8.44. The number of rotatable bonds is 4. The van der Waals surface area contributed by atoms with Crippen molar-refractivity contribution in [3.8, 4) is 11.5 Å². The molecule has 0 bridgehead atoms. The number of benzene rings is 2. The number of anilines is 2. The monoisotopic (exact) mass is 377 g/mol. The Bertz CT molecular complexity index is 942. The first-order valence-electron chi connectivity index (χ1n) is 7.37. The summed E-state index contributed by atoms with van der Waals surface area (Å²) >= 11 is 7.49. The highest BCUT2D eigenvalue weighted by atomic mass is 35.5. The summed E-state index contributed by atoms with van der Waals surface area (Å²) in [6.07, 6.45) is 0. The number of carbonyl (C=O) groups excluding carboxylic acids is 1. The van der Waals surface area contributed by atoms with Crippen LogP contribution in [0.25, 0.3) is 10.2 Å². The fraction of sp³-hybridized carbons (Fsp3) is 0.176. The standard InChI is InChI=1S/C17H16ClN3O3S/c1-9-11(18)5-7-14-15(9)20-17(25-14)21-16(22)19-12-6-4-10(23-2)8-13(12)24-3/h4-8H,1-3H3,(H2,19,20,21,22). The summed E-state index contributed by atoms with van der Waals surface area (Å²) in [4.78, 5) is 16.7. The van der Waals surface area contributed by atoms with Crippen molar-refractivity contribution in [2.75, 3.05) is 24.9 Å². The van der Waals surface area contributed by atoms with Crippen LogP contribution in [0.4, 0.5) is 15.6 Å². The quantitative estimate of drug-likeness (QED) is 0.676. The first-order chi connectivity index (χ1) is 12.0. The topological polar surface area (TPSA) is 72.5 Å². The maximum absolute atomic E-state index is 12.3. The Morgan fingerprint density at radius 3 is 2.68 bits per heavy atom. The van der Waals surface area contributed by atoms with Crippen molar-refractivity contribution < 1.29 is 14.3 Å². The second-order valence-electron chi connectivity index (χ2n) is 5.18. The minimum Gasteiger partial charge on any atom is -0.497 e. The van der Waals surface area contributed by atoms with Gasteiger partial charge in [-0.2, -0.15) is 0 Å². The molecule has 0 spiro atoms. The maximum Gasteiger partial charge on any atom is 0.325 e. The highest BCUT2D eigenvalue weighted by Crippen LogP contribution is 2.32. The van der Waals surface area contributed by atoms with Crippen LogP contribution in [-0.4, -0.2) is 25.2 Å². The molecule has 25 heavy (non-hydrogen) atoms.